The van der Waals surface area contributed by atoms with E-state index in [1.54, 1.807) is 0 Å². The van der Waals surface area contributed by atoms with Gasteiger partial charge in [-0.3, -0.25) is 9.48 Å². The van der Waals surface area contributed by atoms with Crippen LogP contribution >= 0.6 is 0 Å². The SMILES string of the molecule is CCC(C)Cn1cc(NC)cn1.O=Cc1cccc(C2CC2NC2CCOCC2)c1. The first-order valence-electron chi connectivity index (χ1n) is 11.2. The van der Waals surface area contributed by atoms with Crippen molar-refractivity contribution >= 4 is 12.0 Å². The predicted octanol–water partition coefficient (Wildman–Crippen LogP) is 4.09. The number of hydrogen-bond donors (Lipinski definition) is 2. The van der Waals surface area contributed by atoms with E-state index in [1.165, 1.54) is 18.4 Å². The standard InChI is InChI=1S/C15H19NO2.C9H17N3/c17-10-11-2-1-3-12(8-11)14-9-15(14)16-13-4-6-18-7-5-13;1-4-8(2)6-12-7-9(10-3)5-11-12/h1-3,8,10,13-16H,4-7,9H2;5,7-8,10H,4,6H2,1-3H3. The number of anilines is 1. The minimum atomic E-state index is 0.591. The van der Waals surface area contributed by atoms with E-state index in [9.17, 15) is 4.79 Å². The Morgan fingerprint density at radius 1 is 1.33 bits per heavy atom. The Morgan fingerprint density at radius 2 is 2.13 bits per heavy atom. The van der Waals surface area contributed by atoms with Crippen LogP contribution in [0.4, 0.5) is 5.69 Å². The maximum absolute atomic E-state index is 10.8. The van der Waals surface area contributed by atoms with Gasteiger partial charge in [0.05, 0.1) is 11.9 Å². The van der Waals surface area contributed by atoms with Crippen molar-refractivity contribution < 1.29 is 9.53 Å². The number of ether oxygens (including phenoxy) is 1. The second kappa shape index (κ2) is 11.3. The summed E-state index contributed by atoms with van der Waals surface area (Å²) >= 11 is 0. The lowest BCUT2D eigenvalue weighted by atomic mass is 10.1. The third kappa shape index (κ3) is 6.67. The molecule has 4 rings (SSSR count). The van der Waals surface area contributed by atoms with Crippen molar-refractivity contribution in [1.29, 1.82) is 0 Å². The number of rotatable bonds is 8. The van der Waals surface area contributed by atoms with E-state index < -0.39 is 0 Å². The van der Waals surface area contributed by atoms with Gasteiger partial charge in [0, 0.05) is 56.6 Å². The maximum atomic E-state index is 10.8. The number of carbonyl (C=O) groups is 1. The molecule has 1 saturated carbocycles. The Kier molecular flexibility index (Phi) is 8.46. The monoisotopic (exact) mass is 412 g/mol. The lowest BCUT2D eigenvalue weighted by Crippen LogP contribution is -2.36. The largest absolute Gasteiger partial charge is 0.386 e. The van der Waals surface area contributed by atoms with Crippen LogP contribution in [-0.4, -0.2) is 48.4 Å². The van der Waals surface area contributed by atoms with Gasteiger partial charge in [-0.05, 0) is 36.8 Å². The minimum absolute atomic E-state index is 0.591. The molecule has 1 saturated heterocycles. The number of aldehydes is 1. The third-order valence-electron chi connectivity index (χ3n) is 6.05. The molecule has 6 heteroatoms. The number of aromatic nitrogens is 2. The van der Waals surface area contributed by atoms with Crippen molar-refractivity contribution in [3.63, 3.8) is 0 Å². The van der Waals surface area contributed by atoms with Crippen LogP contribution in [0.25, 0.3) is 0 Å². The van der Waals surface area contributed by atoms with Gasteiger partial charge in [0.25, 0.3) is 0 Å². The van der Waals surface area contributed by atoms with Gasteiger partial charge in [0.1, 0.15) is 6.29 Å². The second-order valence-corrected chi connectivity index (χ2v) is 8.50. The molecule has 1 aromatic carbocycles. The van der Waals surface area contributed by atoms with Crippen LogP contribution in [0.2, 0.25) is 0 Å². The molecular formula is C24H36N4O2. The number of carbonyl (C=O) groups excluding carboxylic acids is 1. The molecule has 2 aromatic rings. The first-order valence-corrected chi connectivity index (χ1v) is 11.2. The third-order valence-corrected chi connectivity index (χ3v) is 6.05. The number of hydrogen-bond acceptors (Lipinski definition) is 5. The highest BCUT2D eigenvalue weighted by Crippen LogP contribution is 2.41. The highest BCUT2D eigenvalue weighted by atomic mass is 16.5. The molecule has 2 fully saturated rings. The Bertz CT molecular complexity index is 785. The van der Waals surface area contributed by atoms with Crippen LogP contribution in [-0.2, 0) is 11.3 Å². The van der Waals surface area contributed by atoms with E-state index in [0.717, 1.165) is 50.1 Å². The van der Waals surface area contributed by atoms with Crippen molar-refractivity contribution in [2.24, 2.45) is 5.92 Å². The first-order chi connectivity index (χ1) is 14.6. The van der Waals surface area contributed by atoms with Gasteiger partial charge in [-0.15, -0.1) is 0 Å². The average molecular weight is 413 g/mol. The fourth-order valence-electron chi connectivity index (χ4n) is 3.82. The summed E-state index contributed by atoms with van der Waals surface area (Å²) in [6.07, 6.45) is 9.45. The van der Waals surface area contributed by atoms with E-state index in [4.69, 9.17) is 4.74 Å². The number of nitrogens with one attached hydrogen (secondary N) is 2. The van der Waals surface area contributed by atoms with Crippen LogP contribution in [0, 0.1) is 5.92 Å². The van der Waals surface area contributed by atoms with Gasteiger partial charge in [-0.25, -0.2) is 0 Å². The van der Waals surface area contributed by atoms with E-state index in [-0.39, 0.29) is 0 Å². The second-order valence-electron chi connectivity index (χ2n) is 8.50. The van der Waals surface area contributed by atoms with E-state index >= 15 is 0 Å². The van der Waals surface area contributed by atoms with Crippen molar-refractivity contribution in [2.75, 3.05) is 25.6 Å². The van der Waals surface area contributed by atoms with E-state index in [0.29, 0.717) is 23.9 Å². The molecule has 0 amide bonds. The fourth-order valence-corrected chi connectivity index (χ4v) is 3.82. The van der Waals surface area contributed by atoms with Gasteiger partial charge in [-0.2, -0.15) is 5.10 Å². The molecule has 164 valence electrons. The zero-order valence-electron chi connectivity index (χ0n) is 18.5. The van der Waals surface area contributed by atoms with Crippen LogP contribution in [0.5, 0.6) is 0 Å². The molecular weight excluding hydrogens is 376 g/mol. The Hall–Kier alpha value is -2.18. The summed E-state index contributed by atoms with van der Waals surface area (Å²) in [4.78, 5) is 10.8. The molecule has 1 aliphatic carbocycles. The number of benzene rings is 1. The van der Waals surface area contributed by atoms with Gasteiger partial charge in [0.2, 0.25) is 0 Å². The summed E-state index contributed by atoms with van der Waals surface area (Å²) in [7, 11) is 1.91. The summed E-state index contributed by atoms with van der Waals surface area (Å²) in [5.41, 5.74) is 3.16. The highest BCUT2D eigenvalue weighted by molar-refractivity contribution is 5.75. The normalized spacial score (nSPS) is 22.0. The molecule has 3 atom stereocenters. The summed E-state index contributed by atoms with van der Waals surface area (Å²) in [5, 5.41) is 11.0. The molecule has 30 heavy (non-hydrogen) atoms. The molecule has 2 heterocycles. The zero-order valence-corrected chi connectivity index (χ0v) is 18.5. The molecule has 1 aromatic heterocycles. The summed E-state index contributed by atoms with van der Waals surface area (Å²) in [5.74, 6) is 1.29. The molecule has 0 bridgehead atoms. The molecule has 6 nitrogen and oxygen atoms in total. The van der Waals surface area contributed by atoms with Crippen molar-refractivity contribution in [3.8, 4) is 0 Å². The minimum Gasteiger partial charge on any atom is -0.386 e. The fraction of sp³-hybridized carbons (Fsp3) is 0.583. The van der Waals surface area contributed by atoms with Gasteiger partial charge < -0.3 is 15.4 Å². The lowest BCUT2D eigenvalue weighted by molar-refractivity contribution is 0.0774. The van der Waals surface area contributed by atoms with E-state index in [2.05, 4.69) is 35.6 Å². The smallest absolute Gasteiger partial charge is 0.150 e. The van der Waals surface area contributed by atoms with Crippen LogP contribution in [0.1, 0.15) is 61.4 Å². The van der Waals surface area contributed by atoms with Crippen LogP contribution < -0.4 is 10.6 Å². The van der Waals surface area contributed by atoms with Crippen LogP contribution in [0.3, 0.4) is 0 Å². The summed E-state index contributed by atoms with van der Waals surface area (Å²) < 4.78 is 7.35. The summed E-state index contributed by atoms with van der Waals surface area (Å²) in [6.45, 7) is 7.22. The Labute approximate surface area is 180 Å². The molecule has 0 radical (unpaired) electrons. The molecule has 2 N–H and O–H groups in total. The van der Waals surface area contributed by atoms with Gasteiger partial charge in [0.15, 0.2) is 0 Å². The predicted molar refractivity (Wildman–Crippen MR) is 121 cm³/mol. The van der Waals surface area contributed by atoms with Crippen molar-refractivity contribution in [1.82, 2.24) is 15.1 Å². The Morgan fingerprint density at radius 3 is 2.80 bits per heavy atom. The lowest BCUT2D eigenvalue weighted by Gasteiger charge is -2.23. The van der Waals surface area contributed by atoms with Gasteiger partial charge in [-0.1, -0.05) is 38.5 Å². The van der Waals surface area contributed by atoms with Gasteiger partial charge >= 0.3 is 0 Å². The topological polar surface area (TPSA) is 68.2 Å². The first kappa shape index (κ1) is 22.5. The summed E-state index contributed by atoms with van der Waals surface area (Å²) in [6, 6.07) is 9.19. The Balaban J connectivity index is 0.000000187. The maximum Gasteiger partial charge on any atom is 0.150 e. The quantitative estimate of drug-likeness (QED) is 0.639. The molecule has 3 unspecified atom stereocenters. The highest BCUT2D eigenvalue weighted by Gasteiger charge is 2.39. The molecule has 1 aliphatic heterocycles. The van der Waals surface area contributed by atoms with Crippen molar-refractivity contribution in [3.05, 3.63) is 47.8 Å². The number of nitrogens with zero attached hydrogens (tertiary/aromatic N) is 2. The van der Waals surface area contributed by atoms with Crippen LogP contribution in [0.15, 0.2) is 36.7 Å². The molecule has 0 spiro atoms. The zero-order chi connectivity index (χ0) is 21.3. The van der Waals surface area contributed by atoms with E-state index in [1.807, 2.05) is 42.3 Å². The van der Waals surface area contributed by atoms with Crippen molar-refractivity contribution in [2.45, 2.75) is 64.1 Å². The molecule has 2 aliphatic rings. The average Bonchev–Trinajstić information content (AvgIpc) is 3.41.